The average Bonchev–Trinajstić information content (AvgIpc) is 3.05. The monoisotopic (exact) mass is 739 g/mol. The van der Waals surface area contributed by atoms with Crippen LogP contribution in [0.25, 0.3) is 6.08 Å². The second-order valence-electron chi connectivity index (χ2n) is 9.82. The lowest BCUT2D eigenvalue weighted by Crippen LogP contribution is -2.30. The lowest BCUT2D eigenvalue weighted by molar-refractivity contribution is -0.116. The molecule has 0 heterocycles. The molecule has 6 nitrogen and oxygen atoms in total. The molecule has 5 aromatic rings. The minimum atomic E-state index is -0.557. The van der Waals surface area contributed by atoms with E-state index in [0.29, 0.717) is 16.9 Å². The molecule has 3 amide bonds. The fraction of sp³-hybridized carbons (Fsp3) is 0.0278. The van der Waals surface area contributed by atoms with Gasteiger partial charge in [0, 0.05) is 30.8 Å². The highest BCUT2D eigenvalue weighted by atomic mass is 79.9. The minimum absolute atomic E-state index is 0.0797. The average molecular weight is 742 g/mol. The molecule has 0 radical (unpaired) electrons. The molecule has 1 unspecified atom stereocenters. The van der Waals surface area contributed by atoms with Gasteiger partial charge >= 0.3 is 0 Å². The van der Waals surface area contributed by atoms with Crippen LogP contribution in [0.3, 0.4) is 0 Å². The first-order valence-electron chi connectivity index (χ1n) is 13.9. The van der Waals surface area contributed by atoms with E-state index in [0.717, 1.165) is 25.0 Å². The van der Waals surface area contributed by atoms with Gasteiger partial charge in [-0.05, 0) is 83.9 Å². The molecule has 0 aliphatic carbocycles. The Kier molecular flexibility index (Phi) is 11.0. The van der Waals surface area contributed by atoms with Gasteiger partial charge in [0.15, 0.2) is 0 Å². The Balaban J connectivity index is 1.37. The number of anilines is 2. The molecule has 0 bridgehead atoms. The Morgan fingerprint density at radius 2 is 1.33 bits per heavy atom. The number of carbonyl (C=O) groups excluding carboxylic acids is 3. The fourth-order valence-corrected chi connectivity index (χ4v) is 6.09. The third-order valence-electron chi connectivity index (χ3n) is 6.49. The summed E-state index contributed by atoms with van der Waals surface area (Å²) >= 11 is 8.25. The molecular formula is C36H27Br2N3O3S. The van der Waals surface area contributed by atoms with Crippen molar-refractivity contribution in [1.82, 2.24) is 5.32 Å². The predicted octanol–water partition coefficient (Wildman–Crippen LogP) is 9.09. The molecule has 5 rings (SSSR count). The van der Waals surface area contributed by atoms with E-state index in [-0.39, 0.29) is 11.6 Å². The van der Waals surface area contributed by atoms with Crippen LogP contribution >= 0.6 is 43.6 Å². The topological polar surface area (TPSA) is 87.3 Å². The van der Waals surface area contributed by atoms with E-state index in [1.807, 2.05) is 97.1 Å². The summed E-state index contributed by atoms with van der Waals surface area (Å²) in [5.74, 6) is -1.07. The summed E-state index contributed by atoms with van der Waals surface area (Å²) in [5.41, 5.74) is 3.28. The standard InChI is InChI=1S/C36H27Br2N3O3S/c37-27-17-19-29(20-18-27)39-36(44)33(25-10-3-1-4-11-25)45-31-16-8-15-30(23-31)40-35(43)32(22-24-9-7-14-28(38)21-24)41-34(42)26-12-5-2-6-13-26/h1-23,33H,(H,39,44)(H,40,43)(H,41,42)/b32-22+. The summed E-state index contributed by atoms with van der Waals surface area (Å²) in [6, 6.07) is 40.3. The Morgan fingerprint density at radius 3 is 2.04 bits per heavy atom. The normalized spacial score (nSPS) is 11.7. The Bertz CT molecular complexity index is 1830. The minimum Gasteiger partial charge on any atom is -0.325 e. The number of thioether (sulfide) groups is 1. The van der Waals surface area contributed by atoms with E-state index in [2.05, 4.69) is 47.8 Å². The van der Waals surface area contributed by atoms with Gasteiger partial charge in [-0.25, -0.2) is 0 Å². The highest BCUT2D eigenvalue weighted by molar-refractivity contribution is 9.10. The number of rotatable bonds is 10. The van der Waals surface area contributed by atoms with E-state index in [1.165, 1.54) is 11.8 Å². The van der Waals surface area contributed by atoms with Crippen molar-refractivity contribution in [2.24, 2.45) is 0 Å². The molecule has 0 saturated carbocycles. The van der Waals surface area contributed by atoms with Crippen LogP contribution in [0.4, 0.5) is 11.4 Å². The third-order valence-corrected chi connectivity index (χ3v) is 8.76. The SMILES string of the molecule is O=C(Nc1cccc(SC(C(=O)Nc2ccc(Br)cc2)c2ccccc2)c1)/C(=C\c1cccc(Br)c1)NC(=O)c1ccccc1. The van der Waals surface area contributed by atoms with Crippen molar-refractivity contribution < 1.29 is 14.4 Å². The molecule has 0 aromatic heterocycles. The summed E-state index contributed by atoms with van der Waals surface area (Å²) < 4.78 is 1.76. The van der Waals surface area contributed by atoms with Crippen molar-refractivity contribution in [3.05, 3.63) is 165 Å². The van der Waals surface area contributed by atoms with Crippen molar-refractivity contribution in [3.63, 3.8) is 0 Å². The highest BCUT2D eigenvalue weighted by Gasteiger charge is 2.23. The van der Waals surface area contributed by atoms with Crippen molar-refractivity contribution >= 4 is 78.8 Å². The molecular weight excluding hydrogens is 714 g/mol. The summed E-state index contributed by atoms with van der Waals surface area (Å²) in [4.78, 5) is 40.9. The number of hydrogen-bond donors (Lipinski definition) is 3. The first-order chi connectivity index (χ1) is 21.8. The van der Waals surface area contributed by atoms with E-state index >= 15 is 0 Å². The quantitative estimate of drug-likeness (QED) is 0.0985. The van der Waals surface area contributed by atoms with Gasteiger partial charge in [-0.15, -0.1) is 11.8 Å². The van der Waals surface area contributed by atoms with Gasteiger partial charge in [0.25, 0.3) is 11.8 Å². The lowest BCUT2D eigenvalue weighted by atomic mass is 10.1. The van der Waals surface area contributed by atoms with Crippen molar-refractivity contribution in [1.29, 1.82) is 0 Å². The van der Waals surface area contributed by atoms with E-state index in [9.17, 15) is 14.4 Å². The summed E-state index contributed by atoms with van der Waals surface area (Å²) in [6.07, 6.45) is 1.62. The van der Waals surface area contributed by atoms with Gasteiger partial charge in [0.05, 0.1) is 0 Å². The Morgan fingerprint density at radius 1 is 0.644 bits per heavy atom. The zero-order valence-corrected chi connectivity index (χ0v) is 27.7. The molecule has 0 aliphatic heterocycles. The molecule has 1 atom stereocenters. The number of nitrogens with one attached hydrogen (secondary N) is 3. The van der Waals surface area contributed by atoms with Gasteiger partial charge < -0.3 is 16.0 Å². The van der Waals surface area contributed by atoms with E-state index in [1.54, 1.807) is 42.5 Å². The zero-order chi connectivity index (χ0) is 31.6. The first-order valence-corrected chi connectivity index (χ1v) is 16.3. The highest BCUT2D eigenvalue weighted by Crippen LogP contribution is 2.37. The van der Waals surface area contributed by atoms with Crippen LogP contribution in [-0.2, 0) is 9.59 Å². The van der Waals surface area contributed by atoms with Gasteiger partial charge in [-0.1, -0.05) is 98.6 Å². The molecule has 5 aromatic carbocycles. The third kappa shape index (κ3) is 9.28. The molecule has 0 spiro atoms. The molecule has 9 heteroatoms. The molecule has 224 valence electrons. The Labute approximate surface area is 282 Å². The van der Waals surface area contributed by atoms with Gasteiger partial charge in [-0.2, -0.15) is 0 Å². The molecule has 3 N–H and O–H groups in total. The van der Waals surface area contributed by atoms with Crippen LogP contribution in [0.15, 0.2) is 153 Å². The van der Waals surface area contributed by atoms with Gasteiger partial charge in [0.1, 0.15) is 10.9 Å². The number of benzene rings is 5. The van der Waals surface area contributed by atoms with Crippen LogP contribution in [0.1, 0.15) is 26.7 Å². The van der Waals surface area contributed by atoms with Crippen LogP contribution in [-0.4, -0.2) is 17.7 Å². The molecule has 0 saturated heterocycles. The van der Waals surface area contributed by atoms with Crippen LogP contribution < -0.4 is 16.0 Å². The largest absolute Gasteiger partial charge is 0.325 e. The maximum atomic E-state index is 13.6. The smallest absolute Gasteiger partial charge is 0.272 e. The molecule has 45 heavy (non-hydrogen) atoms. The molecule has 0 fully saturated rings. The summed E-state index contributed by atoms with van der Waals surface area (Å²) in [5, 5.41) is 8.12. The Hall–Kier alpha value is -4.44. The number of carbonyl (C=O) groups is 3. The number of amides is 3. The first kappa shape index (κ1) is 32.0. The predicted molar refractivity (Wildman–Crippen MR) is 189 cm³/mol. The fourth-order valence-electron chi connectivity index (χ4n) is 4.33. The second-order valence-corrected chi connectivity index (χ2v) is 12.8. The van der Waals surface area contributed by atoms with Crippen molar-refractivity contribution in [2.75, 3.05) is 10.6 Å². The van der Waals surface area contributed by atoms with E-state index < -0.39 is 17.1 Å². The number of halogens is 2. The zero-order valence-electron chi connectivity index (χ0n) is 23.7. The van der Waals surface area contributed by atoms with Crippen molar-refractivity contribution in [2.45, 2.75) is 10.1 Å². The van der Waals surface area contributed by atoms with Gasteiger partial charge in [-0.3, -0.25) is 14.4 Å². The maximum Gasteiger partial charge on any atom is 0.272 e. The van der Waals surface area contributed by atoms with E-state index in [4.69, 9.17) is 0 Å². The molecule has 0 aliphatic rings. The maximum absolute atomic E-state index is 13.6. The summed E-state index contributed by atoms with van der Waals surface area (Å²) in [7, 11) is 0. The number of hydrogen-bond acceptors (Lipinski definition) is 4. The summed E-state index contributed by atoms with van der Waals surface area (Å²) in [6.45, 7) is 0. The van der Waals surface area contributed by atoms with Crippen LogP contribution in [0, 0.1) is 0 Å². The van der Waals surface area contributed by atoms with Crippen LogP contribution in [0.5, 0.6) is 0 Å². The van der Waals surface area contributed by atoms with Gasteiger partial charge in [0.2, 0.25) is 5.91 Å². The van der Waals surface area contributed by atoms with Crippen molar-refractivity contribution in [3.8, 4) is 0 Å². The van der Waals surface area contributed by atoms with Crippen LogP contribution in [0.2, 0.25) is 0 Å². The second kappa shape index (κ2) is 15.5. The lowest BCUT2D eigenvalue weighted by Gasteiger charge is -2.18.